The number of aliphatic carboxylic acids is 1. The van der Waals surface area contributed by atoms with E-state index >= 15 is 0 Å². The van der Waals surface area contributed by atoms with Gasteiger partial charge in [0.15, 0.2) is 0 Å². The average molecular weight is 1300 g/mol. The van der Waals surface area contributed by atoms with Crippen LogP contribution in [0.4, 0.5) is 0 Å². The van der Waals surface area contributed by atoms with Crippen molar-refractivity contribution >= 4 is 101 Å². The van der Waals surface area contributed by atoms with Gasteiger partial charge in [0.2, 0.25) is 59.1 Å². The number of aliphatic hydroxyl groups is 1. The van der Waals surface area contributed by atoms with Gasteiger partial charge in [-0.15, -0.1) is 0 Å². The van der Waals surface area contributed by atoms with Gasteiger partial charge >= 0.3 is 5.97 Å². The number of rotatable bonds is 30. The number of benzene rings is 2. The first-order valence-electron chi connectivity index (χ1n) is 27.5. The number of hydrogen-bond acceptors (Lipinski definition) is 16. The Balaban J connectivity index is 0.0000132. The second-order valence-electron chi connectivity index (χ2n) is 21.0. The number of carbonyl (C=O) groups is 11. The van der Waals surface area contributed by atoms with Crippen LogP contribution in [0.1, 0.15) is 62.8 Å². The molecule has 2 aromatic heterocycles. The maximum atomic E-state index is 14.4. The number of aliphatic hydroxyl groups excluding tert-OH is 1. The maximum Gasteiger partial charge on any atom is 0.327 e. The summed E-state index contributed by atoms with van der Waals surface area (Å²) in [6.07, 6.45) is 5.69. The van der Waals surface area contributed by atoms with Crippen LogP contribution in [0.5, 0.6) is 0 Å². The van der Waals surface area contributed by atoms with Crippen molar-refractivity contribution in [3.63, 3.8) is 0 Å². The van der Waals surface area contributed by atoms with Crippen molar-refractivity contribution in [3.05, 3.63) is 90.1 Å². The molecule has 85 heavy (non-hydrogen) atoms. The molecule has 9 atom stereocenters. The molecule has 6 rings (SSSR count). The number of thiol groups is 2. The van der Waals surface area contributed by atoms with E-state index in [1.54, 1.807) is 42.6 Å². The molecule has 0 bridgehead atoms. The number of carbonyl (C=O) groups excluding carboxylic acids is 10. The van der Waals surface area contributed by atoms with Crippen LogP contribution < -0.4 is 48.3 Å². The number of aromatic amines is 2. The Kier molecular flexibility index (Phi) is 26.8. The molecule has 461 valence electrons. The number of carboxylic acid groups (broad SMARTS) is 1. The zero-order valence-corrected chi connectivity index (χ0v) is 50.5. The van der Waals surface area contributed by atoms with Crippen LogP contribution in [0.3, 0.4) is 0 Å². The smallest absolute Gasteiger partial charge is 0.327 e. The van der Waals surface area contributed by atoms with Crippen LogP contribution in [0.25, 0.3) is 10.9 Å². The quantitative estimate of drug-likeness (QED) is 0.0237. The van der Waals surface area contributed by atoms with E-state index in [9.17, 15) is 63.0 Å². The summed E-state index contributed by atoms with van der Waals surface area (Å²) in [5, 5.41) is 40.6. The van der Waals surface area contributed by atoms with Gasteiger partial charge in [-0.25, -0.2) is 9.78 Å². The predicted octanol–water partition coefficient (Wildman–Crippen LogP) is -2.65. The summed E-state index contributed by atoms with van der Waals surface area (Å²) in [6.45, 7) is 1.86. The van der Waals surface area contributed by atoms with E-state index in [0.29, 0.717) is 29.7 Å². The van der Waals surface area contributed by atoms with Crippen molar-refractivity contribution in [3.8, 4) is 0 Å². The predicted molar refractivity (Wildman–Crippen MR) is 311 cm³/mol. The number of imidazole rings is 1. The van der Waals surface area contributed by atoms with Gasteiger partial charge in [-0.05, 0) is 55.2 Å². The van der Waals surface area contributed by atoms with E-state index in [0.717, 1.165) is 10.9 Å². The van der Waals surface area contributed by atoms with Crippen molar-refractivity contribution in [1.29, 1.82) is 0 Å². The zero-order chi connectivity index (χ0) is 61.0. The molecule has 2 saturated heterocycles. The number of amides is 10. The molecular formula is C55H74N14O13S2Tc. The van der Waals surface area contributed by atoms with Gasteiger partial charge in [-0.2, -0.15) is 25.3 Å². The van der Waals surface area contributed by atoms with Gasteiger partial charge in [0.1, 0.15) is 48.3 Å². The van der Waals surface area contributed by atoms with Gasteiger partial charge in [-0.1, -0.05) is 62.4 Å². The summed E-state index contributed by atoms with van der Waals surface area (Å²) >= 11 is 8.01. The third kappa shape index (κ3) is 19.6. The van der Waals surface area contributed by atoms with E-state index in [4.69, 9.17) is 5.73 Å². The Labute approximate surface area is 514 Å². The van der Waals surface area contributed by atoms with Crippen molar-refractivity contribution in [2.45, 2.75) is 120 Å². The Morgan fingerprint density at radius 3 is 1.84 bits per heavy atom. The zero-order valence-electron chi connectivity index (χ0n) is 46.9. The van der Waals surface area contributed by atoms with Gasteiger partial charge in [0.05, 0.1) is 32.1 Å². The molecule has 2 aliphatic heterocycles. The summed E-state index contributed by atoms with van der Waals surface area (Å²) in [5.74, 6) is -9.02. The first-order valence-corrected chi connectivity index (χ1v) is 28.8. The summed E-state index contributed by atoms with van der Waals surface area (Å²) in [4.78, 5) is 162. The average Bonchev–Trinajstić information content (AvgIpc) is 4.09. The molecule has 0 unspecified atom stereocenters. The SMILES string of the molecule is CC(C)C[C@H](NC(=O)[C@@H](N)CS)C(=O)N1CCC[C@H]1C(=O)NCC(=O)N[C@@H](Cc1cnc[nH]1)C(=O)N[C@@H](Cc1c[nH]c2ccccc12)C(=O)NCC(=O)N[C@@H](Cc1ccccc1)C(=O)N1CCC[C@H]1C(=O)N[C@@H](CO)C(=O)N[C@@H](CS)C(=O)O.[99Tc]. The van der Waals surface area contributed by atoms with Crippen LogP contribution in [-0.4, -0.2) is 199 Å². The standard InChI is InChI=1S/C55H74N14O13S2.Tc/c1-30(2)18-39(65-47(73)35(56)27-83)53(79)68-16-8-14-43(68)51(77)60-25-45(71)62-38(21-33-23-57-29-61-33)49(75)64-37(20-32-22-58-36-13-7-6-12-34(32)36)48(74)59-24-46(72)63-40(19-31-10-4-3-5-11-31)54(80)69-17-9-15-44(69)52(78)66-41(26-70)50(76)67-42(28-84)55(81)82;/h3-7,10-13,22-23,29-30,35,37-44,58,70,83-84H,8-9,14-21,24-28,56H2,1-2H3,(H,57,61)(H,59,74)(H,60,77)(H,62,71)(H,63,72)(H,64,75)(H,65,73)(H,66,78)(H,67,76)(H,81,82);/t35-,37-,38-,39-,40-,41-,42-,43-,44-;/m0./s1/i;1+1. The Bertz CT molecular complexity index is 2980. The van der Waals surface area contributed by atoms with Crippen molar-refractivity contribution in [2.75, 3.05) is 44.3 Å². The summed E-state index contributed by atoms with van der Waals surface area (Å²) in [7, 11) is 0. The molecule has 4 heterocycles. The number of H-pyrrole nitrogens is 2. The fourth-order valence-electron chi connectivity index (χ4n) is 9.92. The number of likely N-dealkylation sites (tertiary alicyclic amines) is 2. The largest absolute Gasteiger partial charge is 0.480 e. The topological polar surface area (TPSA) is 401 Å². The number of nitrogens with zero attached hydrogens (tertiary/aromatic N) is 3. The van der Waals surface area contributed by atoms with Crippen molar-refractivity contribution in [1.82, 2.24) is 67.3 Å². The second kappa shape index (κ2) is 33.4. The number of carboxylic acids is 1. The van der Waals surface area contributed by atoms with Gasteiger partial charge in [-0.3, -0.25) is 47.9 Å². The number of nitrogens with one attached hydrogen (secondary N) is 10. The molecule has 2 fully saturated rings. The minimum Gasteiger partial charge on any atom is -0.480 e. The summed E-state index contributed by atoms with van der Waals surface area (Å²) in [6, 6.07) is 4.82. The van der Waals surface area contributed by atoms with Gasteiger partial charge in [0.25, 0.3) is 0 Å². The van der Waals surface area contributed by atoms with Crippen LogP contribution in [-0.2, 0) is 92.1 Å². The third-order valence-electron chi connectivity index (χ3n) is 14.3. The number of hydrogen-bond donors (Lipinski definition) is 15. The van der Waals surface area contributed by atoms with Crippen LogP contribution in [0.15, 0.2) is 73.3 Å². The molecular weight excluding hydrogens is 1230 g/mol. The third-order valence-corrected chi connectivity index (χ3v) is 15.0. The molecule has 30 heteroatoms. The molecule has 10 amide bonds. The van der Waals surface area contributed by atoms with Crippen LogP contribution >= 0.6 is 25.3 Å². The number of nitrogens with two attached hydrogens (primary N) is 1. The van der Waals surface area contributed by atoms with Gasteiger partial charge < -0.3 is 78.2 Å². The Morgan fingerprint density at radius 1 is 0.647 bits per heavy atom. The van der Waals surface area contributed by atoms with Crippen LogP contribution in [0.2, 0.25) is 0 Å². The van der Waals surface area contributed by atoms with Crippen molar-refractivity contribution < 1.29 is 83.1 Å². The number of para-hydroxylation sites is 1. The van der Waals surface area contributed by atoms with E-state index in [2.05, 4.69) is 82.7 Å². The summed E-state index contributed by atoms with van der Waals surface area (Å²) < 4.78 is 0. The molecule has 2 aromatic carbocycles. The minimum atomic E-state index is -1.57. The minimum absolute atomic E-state index is 0. The Hall–Kier alpha value is -7.37. The molecule has 4 aromatic rings. The van der Waals surface area contributed by atoms with E-state index in [1.165, 1.54) is 22.3 Å². The number of fused-ring (bicyclic) bond motifs is 1. The molecule has 1 radical (unpaired) electrons. The van der Waals surface area contributed by atoms with E-state index < -0.39 is 139 Å². The molecule has 0 spiro atoms. The second-order valence-corrected chi connectivity index (χ2v) is 21.7. The molecule has 14 N–H and O–H groups in total. The molecule has 0 aliphatic carbocycles. The Morgan fingerprint density at radius 2 is 1.22 bits per heavy atom. The first kappa shape index (κ1) is 68.4. The van der Waals surface area contributed by atoms with Gasteiger partial charge in [0, 0.05) is 93.0 Å². The first-order chi connectivity index (χ1) is 40.2. The van der Waals surface area contributed by atoms with E-state index in [-0.39, 0.29) is 89.1 Å². The number of aromatic nitrogens is 3. The summed E-state index contributed by atoms with van der Waals surface area (Å²) in [5.41, 5.74) is 8.26. The van der Waals surface area contributed by atoms with Crippen LogP contribution in [0, 0.1) is 5.92 Å². The monoisotopic (exact) mass is 1300 g/mol. The fourth-order valence-corrected chi connectivity index (χ4v) is 10.3. The molecule has 2 aliphatic rings. The molecule has 0 saturated carbocycles. The maximum absolute atomic E-state index is 14.4. The normalized spacial score (nSPS) is 17.2. The van der Waals surface area contributed by atoms with E-state index in [1.807, 2.05) is 32.0 Å². The molecule has 27 nitrogen and oxygen atoms in total. The fraction of sp³-hybridized carbons (Fsp3) is 0.491. The van der Waals surface area contributed by atoms with Crippen molar-refractivity contribution in [2.24, 2.45) is 11.7 Å².